The number of esters is 2. The second-order valence-corrected chi connectivity index (χ2v) is 29.1. The van der Waals surface area contributed by atoms with E-state index in [9.17, 15) is 19.5 Å². The van der Waals surface area contributed by atoms with Crippen molar-refractivity contribution in [2.45, 2.75) is 444 Å². The number of rotatable bonds is 77. The van der Waals surface area contributed by atoms with Gasteiger partial charge in [-0.2, -0.15) is 0 Å². The summed E-state index contributed by atoms with van der Waals surface area (Å²) in [6, 6.07) is 0. The Kier molecular flexibility index (Phi) is 71.3. The van der Waals surface area contributed by atoms with E-state index in [0.29, 0.717) is 17.4 Å². The van der Waals surface area contributed by atoms with Crippen molar-refractivity contribution < 1.29 is 42.9 Å². The molecule has 0 saturated heterocycles. The smallest absolute Gasteiger partial charge is 0.361 e. The Morgan fingerprint density at radius 1 is 0.322 bits per heavy atom. The van der Waals surface area contributed by atoms with E-state index >= 15 is 0 Å². The van der Waals surface area contributed by atoms with E-state index in [2.05, 4.69) is 26.0 Å². The molecule has 0 spiro atoms. The summed E-state index contributed by atoms with van der Waals surface area (Å²) in [7, 11) is 6.00. The number of ether oxygens (including phenoxy) is 4. The van der Waals surface area contributed by atoms with Crippen LogP contribution in [-0.4, -0.2) is 87.4 Å². The van der Waals surface area contributed by atoms with Crippen LogP contribution in [0.25, 0.3) is 0 Å². The second-order valence-electron chi connectivity index (χ2n) is 29.1. The summed E-state index contributed by atoms with van der Waals surface area (Å²) < 4.78 is 23.1. The standard InChI is InChI=1S/C81H157NO8/c1-6-8-10-12-14-16-18-20-22-24-26-28-30-32-34-36-38-39-40-42-43-45-47-49-51-53-55-57-59-61-63-65-67-69-71-78(83)88-75-77(76-89-81(80(85)86)87-74-73-82(3,4)5)90-79(84)72-70-68-66-64-62-60-58-56-54-52-50-48-46-44-41-37-35-33-31-29-27-25-23-21-19-17-15-13-11-9-7-2/h25,27,77,81H,6-24,26,28-76H2,1-5H3/p+1/b27-25-. The summed E-state index contributed by atoms with van der Waals surface area (Å²) in [5.41, 5.74) is 0. The van der Waals surface area contributed by atoms with Crippen LogP contribution in [0.15, 0.2) is 12.2 Å². The number of carbonyl (C=O) groups is 3. The number of aliphatic carboxylic acids is 1. The van der Waals surface area contributed by atoms with E-state index in [4.69, 9.17) is 18.9 Å². The molecule has 534 valence electrons. The fraction of sp³-hybridized carbons (Fsp3) is 0.938. The van der Waals surface area contributed by atoms with Crippen LogP contribution in [0.4, 0.5) is 0 Å². The maximum Gasteiger partial charge on any atom is 0.361 e. The van der Waals surface area contributed by atoms with Gasteiger partial charge in [-0.15, -0.1) is 0 Å². The van der Waals surface area contributed by atoms with Crippen molar-refractivity contribution in [2.24, 2.45) is 0 Å². The number of nitrogens with zero attached hydrogens (tertiary/aromatic N) is 1. The number of unbranched alkanes of at least 4 members (excludes halogenated alkanes) is 60. The molecule has 0 heterocycles. The first kappa shape index (κ1) is 88.0. The van der Waals surface area contributed by atoms with Gasteiger partial charge >= 0.3 is 17.9 Å². The van der Waals surface area contributed by atoms with Gasteiger partial charge in [-0.1, -0.05) is 392 Å². The Morgan fingerprint density at radius 2 is 0.567 bits per heavy atom. The number of allylic oxidation sites excluding steroid dienone is 2. The molecule has 2 unspecified atom stereocenters. The first-order valence-corrected chi connectivity index (χ1v) is 40.4. The molecule has 2 atom stereocenters. The molecule has 0 fully saturated rings. The minimum atomic E-state index is -1.51. The number of carboxylic acid groups (broad SMARTS) is 1. The van der Waals surface area contributed by atoms with Gasteiger partial charge in [-0.05, 0) is 38.5 Å². The third kappa shape index (κ3) is 73.4. The molecule has 0 rings (SSSR count). The highest BCUT2D eigenvalue weighted by atomic mass is 16.7. The lowest BCUT2D eigenvalue weighted by Crippen LogP contribution is -2.40. The van der Waals surface area contributed by atoms with Gasteiger partial charge in [-0.25, -0.2) is 4.79 Å². The minimum absolute atomic E-state index is 0.173. The van der Waals surface area contributed by atoms with Crippen LogP contribution in [0.3, 0.4) is 0 Å². The third-order valence-corrected chi connectivity index (χ3v) is 18.8. The fourth-order valence-electron chi connectivity index (χ4n) is 12.6. The number of likely N-dealkylation sites (N-methyl/N-ethyl adjacent to an activating group) is 1. The molecule has 0 amide bonds. The van der Waals surface area contributed by atoms with Gasteiger partial charge in [0, 0.05) is 12.8 Å². The van der Waals surface area contributed by atoms with Crippen molar-refractivity contribution in [3.63, 3.8) is 0 Å². The topological polar surface area (TPSA) is 108 Å². The maximum atomic E-state index is 13.0. The van der Waals surface area contributed by atoms with Gasteiger partial charge in [0.1, 0.15) is 13.2 Å². The molecule has 9 nitrogen and oxygen atoms in total. The molecule has 0 aromatic rings. The van der Waals surface area contributed by atoms with E-state index in [0.717, 1.165) is 38.5 Å². The fourth-order valence-corrected chi connectivity index (χ4v) is 12.6. The average molecular weight is 1270 g/mol. The Hall–Kier alpha value is -1.97. The molecule has 0 aromatic heterocycles. The lowest BCUT2D eigenvalue weighted by atomic mass is 10.0. The van der Waals surface area contributed by atoms with E-state index < -0.39 is 18.4 Å². The zero-order valence-electron chi connectivity index (χ0n) is 61.4. The second kappa shape index (κ2) is 72.9. The molecule has 0 aliphatic heterocycles. The number of carboxylic acids is 1. The summed E-state index contributed by atoms with van der Waals surface area (Å²) in [4.78, 5) is 37.7. The first-order valence-electron chi connectivity index (χ1n) is 40.4. The van der Waals surface area contributed by atoms with Gasteiger partial charge in [0.25, 0.3) is 6.29 Å². The Morgan fingerprint density at radius 3 is 0.822 bits per heavy atom. The van der Waals surface area contributed by atoms with Gasteiger partial charge in [-0.3, -0.25) is 9.59 Å². The van der Waals surface area contributed by atoms with Crippen LogP contribution in [0, 0.1) is 0 Å². The molecule has 1 N–H and O–H groups in total. The SMILES string of the molecule is CCCCCCCCCC/C=C\CCCCCCCCCCCCCCCCCCCCCC(=O)OC(COC(=O)CCCCCCCCCCCCCCCCCCCCCCCCCCCCCCCCCCCC)COC(OCC[N+](C)(C)C)C(=O)O. The average Bonchev–Trinajstić information content (AvgIpc) is 3.63. The van der Waals surface area contributed by atoms with Crippen LogP contribution in [0.5, 0.6) is 0 Å². The first-order chi connectivity index (χ1) is 44.1. The monoisotopic (exact) mass is 1270 g/mol. The van der Waals surface area contributed by atoms with Crippen LogP contribution >= 0.6 is 0 Å². The van der Waals surface area contributed by atoms with E-state index in [1.165, 1.54) is 366 Å². The highest BCUT2D eigenvalue weighted by Gasteiger charge is 2.25. The largest absolute Gasteiger partial charge is 0.477 e. The van der Waals surface area contributed by atoms with Crippen molar-refractivity contribution in [1.29, 1.82) is 0 Å². The van der Waals surface area contributed by atoms with Crippen molar-refractivity contribution in [1.82, 2.24) is 0 Å². The summed E-state index contributed by atoms with van der Waals surface area (Å²) in [5, 5.41) is 9.77. The lowest BCUT2D eigenvalue weighted by Gasteiger charge is -2.25. The van der Waals surface area contributed by atoms with E-state index in [1.807, 2.05) is 21.1 Å². The zero-order chi connectivity index (χ0) is 65.4. The molecule has 9 heteroatoms. The molecule has 0 radical (unpaired) electrons. The zero-order valence-corrected chi connectivity index (χ0v) is 61.4. The third-order valence-electron chi connectivity index (χ3n) is 18.8. The van der Waals surface area contributed by atoms with Gasteiger partial charge in [0.05, 0.1) is 34.4 Å². The maximum absolute atomic E-state index is 13.0. The molecule has 90 heavy (non-hydrogen) atoms. The van der Waals surface area contributed by atoms with Crippen LogP contribution in [0.2, 0.25) is 0 Å². The van der Waals surface area contributed by atoms with Crippen LogP contribution < -0.4 is 0 Å². The molecular formula is C81H158NO8+. The Labute approximate surface area is 561 Å². The van der Waals surface area contributed by atoms with Crippen molar-refractivity contribution >= 4 is 17.9 Å². The predicted octanol–water partition coefficient (Wildman–Crippen LogP) is 25.5. The number of quaternary nitrogens is 1. The summed E-state index contributed by atoms with van der Waals surface area (Å²) in [6.45, 7) is 4.98. The van der Waals surface area contributed by atoms with E-state index in [-0.39, 0.29) is 38.2 Å². The summed E-state index contributed by atoms with van der Waals surface area (Å²) in [6.07, 6.45) is 88.1. The van der Waals surface area contributed by atoms with Crippen molar-refractivity contribution in [3.8, 4) is 0 Å². The predicted molar refractivity (Wildman–Crippen MR) is 388 cm³/mol. The van der Waals surface area contributed by atoms with Crippen LogP contribution in [0.1, 0.15) is 431 Å². The quantitative estimate of drug-likeness (QED) is 0.0211. The van der Waals surface area contributed by atoms with Gasteiger partial charge in [0.2, 0.25) is 0 Å². The van der Waals surface area contributed by atoms with Crippen molar-refractivity contribution in [3.05, 3.63) is 12.2 Å². The molecule has 0 aliphatic rings. The lowest BCUT2D eigenvalue weighted by molar-refractivity contribution is -0.870. The minimum Gasteiger partial charge on any atom is -0.477 e. The molecule has 0 aliphatic carbocycles. The molecular weight excluding hydrogens is 1110 g/mol. The molecule has 0 bridgehead atoms. The van der Waals surface area contributed by atoms with Gasteiger partial charge < -0.3 is 28.5 Å². The summed E-state index contributed by atoms with van der Waals surface area (Å²) in [5.74, 6) is -1.96. The highest BCUT2D eigenvalue weighted by Crippen LogP contribution is 2.20. The Balaban J connectivity index is 3.95. The summed E-state index contributed by atoms with van der Waals surface area (Å²) >= 11 is 0. The van der Waals surface area contributed by atoms with Crippen molar-refractivity contribution in [2.75, 3.05) is 47.5 Å². The van der Waals surface area contributed by atoms with Crippen LogP contribution in [-0.2, 0) is 33.3 Å². The molecule has 0 saturated carbocycles. The van der Waals surface area contributed by atoms with Gasteiger partial charge in [0.15, 0.2) is 6.10 Å². The Bertz CT molecular complexity index is 1480. The normalized spacial score (nSPS) is 12.6. The number of hydrogen-bond acceptors (Lipinski definition) is 7. The molecule has 0 aromatic carbocycles. The number of carbonyl (C=O) groups excluding carboxylic acids is 2. The van der Waals surface area contributed by atoms with E-state index in [1.54, 1.807) is 0 Å². The number of hydrogen-bond donors (Lipinski definition) is 1. The highest BCUT2D eigenvalue weighted by molar-refractivity contribution is 5.71.